The van der Waals surface area contributed by atoms with Crippen LogP contribution in [0.3, 0.4) is 0 Å². The Kier molecular flexibility index (Phi) is 5.93. The molecule has 0 unspecified atom stereocenters. The van der Waals surface area contributed by atoms with Crippen LogP contribution in [-0.4, -0.2) is 31.2 Å². The molecule has 0 fully saturated rings. The second-order valence-corrected chi connectivity index (χ2v) is 7.23. The van der Waals surface area contributed by atoms with Crippen molar-refractivity contribution in [3.8, 4) is 0 Å². The molecule has 3 aromatic rings. The van der Waals surface area contributed by atoms with Crippen molar-refractivity contribution in [1.82, 2.24) is 19.5 Å². The second-order valence-electron chi connectivity index (χ2n) is 5.37. The minimum Gasteiger partial charge on any atom is -0.325 e. The second kappa shape index (κ2) is 8.35. The Morgan fingerprint density at radius 2 is 2.04 bits per heavy atom. The summed E-state index contributed by atoms with van der Waals surface area (Å²) in [5.41, 5.74) is 0.763. The molecule has 0 saturated carbocycles. The smallest absolute Gasteiger partial charge is 0.234 e. The van der Waals surface area contributed by atoms with Gasteiger partial charge in [0.25, 0.3) is 0 Å². The Bertz CT molecular complexity index is 847. The highest BCUT2D eigenvalue weighted by Crippen LogP contribution is 2.20. The molecule has 2 heterocycles. The molecule has 25 heavy (non-hydrogen) atoms. The van der Waals surface area contributed by atoms with Gasteiger partial charge in [-0.25, -0.2) is 4.68 Å². The van der Waals surface area contributed by atoms with Gasteiger partial charge in [0.2, 0.25) is 11.1 Å². The Morgan fingerprint density at radius 3 is 2.76 bits per heavy atom. The Morgan fingerprint density at radius 1 is 1.24 bits per heavy atom. The van der Waals surface area contributed by atoms with Crippen LogP contribution in [0.25, 0.3) is 0 Å². The number of halogens is 1. The zero-order chi connectivity index (χ0) is 17.6. The summed E-state index contributed by atoms with van der Waals surface area (Å²) in [6.45, 7) is 2.10. The van der Waals surface area contributed by atoms with Crippen LogP contribution in [0.15, 0.2) is 58.4 Å². The number of carbonyl (C=O) groups excluding carboxylic acids is 1. The lowest BCUT2D eigenvalue weighted by Crippen LogP contribution is -2.16. The van der Waals surface area contributed by atoms with E-state index in [2.05, 4.69) is 38.4 Å². The number of hydrogen-bond acceptors (Lipinski definition) is 4. The summed E-state index contributed by atoms with van der Waals surface area (Å²) < 4.78 is 4.80. The number of nitrogens with zero attached hydrogens (tertiary/aromatic N) is 4. The number of anilines is 1. The van der Waals surface area contributed by atoms with Crippen LogP contribution in [-0.2, 0) is 11.2 Å². The van der Waals surface area contributed by atoms with Crippen LogP contribution in [0, 0.1) is 0 Å². The highest BCUT2D eigenvalue weighted by molar-refractivity contribution is 9.10. The molecule has 0 aliphatic heterocycles. The van der Waals surface area contributed by atoms with Crippen LogP contribution >= 0.6 is 27.7 Å². The fraction of sp³-hybridized carbons (Fsp3) is 0.235. The zero-order valence-electron chi connectivity index (χ0n) is 13.7. The standard InChI is InChI=1S/C17H18BrN5OS/c1-2-6-15-20-21-17(23(15)22-9-3-4-10-22)25-12-16(24)19-14-8-5-7-13(18)11-14/h3-5,7-11H,2,6,12H2,1H3,(H,19,24). The Balaban J connectivity index is 1.69. The van der Waals surface area contributed by atoms with E-state index in [9.17, 15) is 4.79 Å². The van der Waals surface area contributed by atoms with Crippen molar-refractivity contribution >= 4 is 39.3 Å². The Labute approximate surface area is 158 Å². The first-order valence-corrected chi connectivity index (χ1v) is 9.71. The summed E-state index contributed by atoms with van der Waals surface area (Å²) in [5.74, 6) is 1.06. The molecule has 1 amide bonds. The number of benzene rings is 1. The summed E-state index contributed by atoms with van der Waals surface area (Å²) in [6, 6.07) is 11.4. The number of carbonyl (C=O) groups is 1. The van der Waals surface area contributed by atoms with Crippen molar-refractivity contribution < 1.29 is 4.79 Å². The Hall–Kier alpha value is -2.06. The number of rotatable bonds is 7. The fourth-order valence-corrected chi connectivity index (χ4v) is 3.50. The van der Waals surface area contributed by atoms with Crippen LogP contribution < -0.4 is 5.32 Å². The van der Waals surface area contributed by atoms with E-state index in [0.717, 1.165) is 28.8 Å². The minimum atomic E-state index is -0.0813. The van der Waals surface area contributed by atoms with Crippen LogP contribution in [0.2, 0.25) is 0 Å². The van der Waals surface area contributed by atoms with Gasteiger partial charge in [0.1, 0.15) is 0 Å². The largest absolute Gasteiger partial charge is 0.325 e. The van der Waals surface area contributed by atoms with Gasteiger partial charge in [-0.1, -0.05) is 40.7 Å². The van der Waals surface area contributed by atoms with Gasteiger partial charge in [-0.05, 0) is 36.8 Å². The van der Waals surface area contributed by atoms with Gasteiger partial charge in [-0.3, -0.25) is 9.47 Å². The van der Waals surface area contributed by atoms with Crippen LogP contribution in [0.5, 0.6) is 0 Å². The van der Waals surface area contributed by atoms with Crippen LogP contribution in [0.1, 0.15) is 19.2 Å². The molecule has 0 spiro atoms. The third kappa shape index (κ3) is 4.52. The lowest BCUT2D eigenvalue weighted by atomic mass is 10.3. The summed E-state index contributed by atoms with van der Waals surface area (Å²) in [7, 11) is 0. The number of thioether (sulfide) groups is 1. The molecule has 1 N–H and O–H groups in total. The lowest BCUT2D eigenvalue weighted by Gasteiger charge is -2.10. The van der Waals surface area contributed by atoms with Gasteiger partial charge in [-0.2, -0.15) is 0 Å². The van der Waals surface area contributed by atoms with Crippen molar-refractivity contribution in [2.24, 2.45) is 0 Å². The maximum Gasteiger partial charge on any atom is 0.234 e. The third-order valence-electron chi connectivity index (χ3n) is 3.41. The maximum absolute atomic E-state index is 12.2. The van der Waals surface area contributed by atoms with E-state index in [-0.39, 0.29) is 11.7 Å². The van der Waals surface area contributed by atoms with Crippen molar-refractivity contribution in [1.29, 1.82) is 0 Å². The molecule has 0 atom stereocenters. The predicted octanol–water partition coefficient (Wildman–Crippen LogP) is 3.84. The molecule has 1 aromatic carbocycles. The van der Waals surface area contributed by atoms with Crippen molar-refractivity contribution in [2.45, 2.75) is 24.9 Å². The molecule has 0 aliphatic rings. The number of aromatic nitrogens is 4. The molecule has 0 bridgehead atoms. The van der Waals surface area contributed by atoms with E-state index in [1.807, 2.05) is 58.1 Å². The molecule has 2 aromatic heterocycles. The normalized spacial score (nSPS) is 10.8. The van der Waals surface area contributed by atoms with Gasteiger partial charge < -0.3 is 5.32 Å². The van der Waals surface area contributed by atoms with E-state index in [1.54, 1.807) is 0 Å². The van der Waals surface area contributed by atoms with Crippen molar-refractivity contribution in [2.75, 3.05) is 11.1 Å². The number of amides is 1. The summed E-state index contributed by atoms with van der Waals surface area (Å²) in [6.07, 6.45) is 5.69. The number of hydrogen-bond donors (Lipinski definition) is 1. The summed E-state index contributed by atoms with van der Waals surface area (Å²) in [5, 5.41) is 12.1. The average molecular weight is 420 g/mol. The predicted molar refractivity (Wildman–Crippen MR) is 103 cm³/mol. The summed E-state index contributed by atoms with van der Waals surface area (Å²) >= 11 is 4.76. The molecule has 6 nitrogen and oxygen atoms in total. The minimum absolute atomic E-state index is 0.0813. The van der Waals surface area contributed by atoms with E-state index >= 15 is 0 Å². The fourth-order valence-electron chi connectivity index (χ4n) is 2.35. The molecule has 0 radical (unpaired) electrons. The van der Waals surface area contributed by atoms with Gasteiger partial charge in [-0.15, -0.1) is 10.2 Å². The van der Waals surface area contributed by atoms with E-state index in [1.165, 1.54) is 11.8 Å². The van der Waals surface area contributed by atoms with Gasteiger partial charge in [0.15, 0.2) is 5.82 Å². The van der Waals surface area contributed by atoms with E-state index < -0.39 is 0 Å². The topological polar surface area (TPSA) is 64.7 Å². The van der Waals surface area contributed by atoms with Gasteiger partial charge in [0, 0.05) is 29.0 Å². The first-order valence-electron chi connectivity index (χ1n) is 7.93. The molecule has 8 heteroatoms. The lowest BCUT2D eigenvalue weighted by molar-refractivity contribution is -0.113. The van der Waals surface area contributed by atoms with Gasteiger partial charge in [0.05, 0.1) is 5.75 Å². The molecular weight excluding hydrogens is 402 g/mol. The molecule has 0 saturated heterocycles. The molecule has 3 rings (SSSR count). The van der Waals surface area contributed by atoms with E-state index in [4.69, 9.17) is 0 Å². The quantitative estimate of drug-likeness (QED) is 0.590. The molecule has 130 valence electrons. The maximum atomic E-state index is 12.2. The average Bonchev–Trinajstić information content (AvgIpc) is 3.22. The SMILES string of the molecule is CCCc1nnc(SCC(=O)Nc2cccc(Br)c2)n1-n1cccc1. The van der Waals surface area contributed by atoms with Crippen LogP contribution in [0.4, 0.5) is 5.69 Å². The number of aryl methyl sites for hydroxylation is 1. The summed E-state index contributed by atoms with van der Waals surface area (Å²) in [4.78, 5) is 12.2. The monoisotopic (exact) mass is 419 g/mol. The molecule has 0 aliphatic carbocycles. The van der Waals surface area contributed by atoms with Crippen molar-refractivity contribution in [3.05, 3.63) is 59.1 Å². The number of nitrogens with one attached hydrogen (secondary N) is 1. The first kappa shape index (κ1) is 17.8. The first-order chi connectivity index (χ1) is 12.2. The van der Waals surface area contributed by atoms with Crippen molar-refractivity contribution in [3.63, 3.8) is 0 Å². The van der Waals surface area contributed by atoms with Gasteiger partial charge >= 0.3 is 0 Å². The van der Waals surface area contributed by atoms with E-state index in [0.29, 0.717) is 5.16 Å². The zero-order valence-corrected chi connectivity index (χ0v) is 16.1. The highest BCUT2D eigenvalue weighted by Gasteiger charge is 2.15. The highest BCUT2D eigenvalue weighted by atomic mass is 79.9. The third-order valence-corrected chi connectivity index (χ3v) is 4.82. The molecular formula is C17H18BrN5OS.